The summed E-state index contributed by atoms with van der Waals surface area (Å²) in [5.74, 6) is -0.194. The Hall–Kier alpha value is -3.03. The lowest BCUT2D eigenvalue weighted by molar-refractivity contribution is -0.116. The predicted octanol–water partition coefficient (Wildman–Crippen LogP) is 5.42. The highest BCUT2D eigenvalue weighted by Crippen LogP contribution is 2.30. The molecular formula is C23H21ClN2O4S. The Morgan fingerprint density at radius 2 is 1.71 bits per heavy atom. The number of hydrogen-bond acceptors (Lipinski definition) is 4. The summed E-state index contributed by atoms with van der Waals surface area (Å²) in [5.41, 5.74) is 2.64. The van der Waals surface area contributed by atoms with E-state index in [0.717, 1.165) is 22.6 Å². The van der Waals surface area contributed by atoms with Crippen LogP contribution in [0, 0.1) is 0 Å². The van der Waals surface area contributed by atoms with Gasteiger partial charge in [0.2, 0.25) is 15.9 Å². The largest absolute Gasteiger partial charge is 0.456 e. The van der Waals surface area contributed by atoms with E-state index in [-0.39, 0.29) is 18.9 Å². The second kappa shape index (κ2) is 8.61. The molecular weight excluding hydrogens is 436 g/mol. The third kappa shape index (κ3) is 4.84. The highest BCUT2D eigenvalue weighted by atomic mass is 35.5. The maximum atomic E-state index is 12.4. The summed E-state index contributed by atoms with van der Waals surface area (Å²) in [7, 11) is -3.48. The fourth-order valence-corrected chi connectivity index (χ4v) is 4.60. The Morgan fingerprint density at radius 3 is 2.45 bits per heavy atom. The van der Waals surface area contributed by atoms with Crippen molar-refractivity contribution in [2.24, 2.45) is 0 Å². The van der Waals surface area contributed by atoms with E-state index in [1.54, 1.807) is 30.3 Å². The average Bonchev–Trinajstić information content (AvgIpc) is 3.09. The minimum atomic E-state index is -3.48. The molecule has 0 atom stereocenters. The van der Waals surface area contributed by atoms with Crippen LogP contribution in [0.5, 0.6) is 0 Å². The number of carbonyl (C=O) groups is 1. The molecule has 4 rings (SSSR count). The highest BCUT2D eigenvalue weighted by Gasteiger charge is 2.17. The van der Waals surface area contributed by atoms with Crippen molar-refractivity contribution in [3.8, 4) is 0 Å². The van der Waals surface area contributed by atoms with Crippen molar-refractivity contribution in [1.82, 2.24) is 0 Å². The number of anilines is 2. The van der Waals surface area contributed by atoms with E-state index in [4.69, 9.17) is 16.0 Å². The number of para-hydroxylation sites is 1. The van der Waals surface area contributed by atoms with E-state index in [9.17, 15) is 13.2 Å². The number of amides is 1. The molecule has 0 aliphatic heterocycles. The first-order valence-corrected chi connectivity index (χ1v) is 12.0. The second-order valence-corrected chi connectivity index (χ2v) is 9.62. The summed E-state index contributed by atoms with van der Waals surface area (Å²) in [4.78, 5) is 12.4. The summed E-state index contributed by atoms with van der Waals surface area (Å²) < 4.78 is 31.5. The zero-order valence-corrected chi connectivity index (χ0v) is 18.4. The molecule has 31 heavy (non-hydrogen) atoms. The number of sulfonamides is 1. The van der Waals surface area contributed by atoms with Crippen molar-refractivity contribution >= 4 is 60.8 Å². The van der Waals surface area contributed by atoms with Crippen LogP contribution in [0.2, 0.25) is 5.02 Å². The number of halogens is 1. The first-order chi connectivity index (χ1) is 14.8. The van der Waals surface area contributed by atoms with E-state index < -0.39 is 10.0 Å². The number of fused-ring (bicyclic) bond motifs is 3. The molecule has 1 heterocycles. The first kappa shape index (κ1) is 21.2. The zero-order valence-electron chi connectivity index (χ0n) is 16.8. The van der Waals surface area contributed by atoms with Crippen LogP contribution < -0.4 is 9.62 Å². The molecule has 1 N–H and O–H groups in total. The van der Waals surface area contributed by atoms with Gasteiger partial charge in [0.1, 0.15) is 11.2 Å². The van der Waals surface area contributed by atoms with E-state index in [2.05, 4.69) is 5.32 Å². The highest BCUT2D eigenvalue weighted by molar-refractivity contribution is 7.92. The minimum absolute atomic E-state index is 0.178. The predicted molar refractivity (Wildman–Crippen MR) is 125 cm³/mol. The van der Waals surface area contributed by atoms with E-state index in [1.807, 2.05) is 36.4 Å². The van der Waals surface area contributed by atoms with Crippen molar-refractivity contribution in [3.05, 3.63) is 71.8 Å². The Morgan fingerprint density at radius 1 is 1.00 bits per heavy atom. The molecule has 1 amide bonds. The van der Waals surface area contributed by atoms with Crippen LogP contribution in [0.3, 0.4) is 0 Å². The van der Waals surface area contributed by atoms with E-state index >= 15 is 0 Å². The van der Waals surface area contributed by atoms with Crippen molar-refractivity contribution < 1.29 is 17.6 Å². The van der Waals surface area contributed by atoms with E-state index in [1.165, 1.54) is 4.31 Å². The zero-order chi connectivity index (χ0) is 22.0. The van der Waals surface area contributed by atoms with Gasteiger partial charge in [-0.25, -0.2) is 8.42 Å². The number of benzene rings is 3. The number of nitrogens with one attached hydrogen (secondary N) is 1. The van der Waals surface area contributed by atoms with Gasteiger partial charge in [-0.05, 0) is 48.9 Å². The number of furan rings is 1. The SMILES string of the molecule is CS(=O)(=O)N(CCCC(=O)Nc1ccc2c(c1)oc1ccccc12)c1ccc(Cl)cc1. The maximum Gasteiger partial charge on any atom is 0.232 e. The lowest BCUT2D eigenvalue weighted by atomic mass is 10.1. The molecule has 0 unspecified atom stereocenters. The van der Waals surface area contributed by atoms with Crippen LogP contribution in [0.25, 0.3) is 21.9 Å². The van der Waals surface area contributed by atoms with Gasteiger partial charge in [0.15, 0.2) is 0 Å². The molecule has 0 spiro atoms. The number of carbonyl (C=O) groups excluding carboxylic acids is 1. The first-order valence-electron chi connectivity index (χ1n) is 9.76. The molecule has 0 saturated carbocycles. The summed E-state index contributed by atoms with van der Waals surface area (Å²) >= 11 is 5.89. The third-order valence-electron chi connectivity index (χ3n) is 4.94. The van der Waals surface area contributed by atoms with Gasteiger partial charge in [-0.15, -0.1) is 0 Å². The maximum absolute atomic E-state index is 12.4. The standard InChI is InChI=1S/C23H21ClN2O4S/c1-31(28,29)26(18-11-8-16(24)9-12-18)14-4-7-23(27)25-17-10-13-20-19-5-2-3-6-21(19)30-22(20)15-17/h2-3,5-6,8-13,15H,4,7,14H2,1H3,(H,25,27). The average molecular weight is 457 g/mol. The molecule has 0 aliphatic carbocycles. The van der Waals surface area contributed by atoms with Crippen LogP contribution in [-0.2, 0) is 14.8 Å². The normalized spacial score (nSPS) is 11.7. The lowest BCUT2D eigenvalue weighted by Crippen LogP contribution is -2.31. The van der Waals surface area contributed by atoms with Crippen LogP contribution in [0.1, 0.15) is 12.8 Å². The molecule has 1 aromatic heterocycles. The molecule has 3 aromatic carbocycles. The van der Waals surface area contributed by atoms with Crippen molar-refractivity contribution in [2.75, 3.05) is 22.4 Å². The van der Waals surface area contributed by atoms with Crippen LogP contribution in [0.4, 0.5) is 11.4 Å². The smallest absolute Gasteiger partial charge is 0.232 e. The molecule has 0 radical (unpaired) electrons. The molecule has 0 bridgehead atoms. The Bertz CT molecular complexity index is 1350. The van der Waals surface area contributed by atoms with Gasteiger partial charge in [0.05, 0.1) is 11.9 Å². The molecule has 8 heteroatoms. The Labute approximate surface area is 185 Å². The van der Waals surface area contributed by atoms with Crippen molar-refractivity contribution in [2.45, 2.75) is 12.8 Å². The number of rotatable bonds is 7. The van der Waals surface area contributed by atoms with Gasteiger partial charge in [-0.2, -0.15) is 0 Å². The molecule has 0 aliphatic rings. The fraction of sp³-hybridized carbons (Fsp3) is 0.174. The van der Waals surface area contributed by atoms with Gasteiger partial charge < -0.3 is 9.73 Å². The molecule has 4 aromatic rings. The summed E-state index contributed by atoms with van der Waals surface area (Å²) in [6.45, 7) is 0.191. The quantitative estimate of drug-likeness (QED) is 0.402. The van der Waals surface area contributed by atoms with Crippen molar-refractivity contribution in [1.29, 1.82) is 0 Å². The van der Waals surface area contributed by atoms with Gasteiger partial charge in [-0.1, -0.05) is 29.8 Å². The Kier molecular flexibility index (Phi) is 5.89. The van der Waals surface area contributed by atoms with E-state index in [0.29, 0.717) is 28.4 Å². The minimum Gasteiger partial charge on any atom is -0.456 e. The van der Waals surface area contributed by atoms with Gasteiger partial charge in [0.25, 0.3) is 0 Å². The number of nitrogens with zero attached hydrogens (tertiary/aromatic N) is 1. The van der Waals surface area contributed by atoms with Crippen LogP contribution in [0.15, 0.2) is 71.1 Å². The fourth-order valence-electron chi connectivity index (χ4n) is 3.50. The molecule has 6 nitrogen and oxygen atoms in total. The monoisotopic (exact) mass is 456 g/mol. The summed E-state index contributed by atoms with van der Waals surface area (Å²) in [6.07, 6.45) is 1.69. The Balaban J connectivity index is 1.40. The van der Waals surface area contributed by atoms with Gasteiger partial charge in [0, 0.05) is 40.5 Å². The van der Waals surface area contributed by atoms with Crippen LogP contribution in [-0.4, -0.2) is 27.1 Å². The van der Waals surface area contributed by atoms with Gasteiger partial charge in [-0.3, -0.25) is 9.10 Å². The van der Waals surface area contributed by atoms with Crippen LogP contribution >= 0.6 is 11.6 Å². The summed E-state index contributed by atoms with van der Waals surface area (Å²) in [5, 5.41) is 5.39. The lowest BCUT2D eigenvalue weighted by Gasteiger charge is -2.22. The second-order valence-electron chi connectivity index (χ2n) is 7.27. The topological polar surface area (TPSA) is 79.6 Å². The summed E-state index contributed by atoms with van der Waals surface area (Å²) in [6, 6.07) is 19.9. The van der Waals surface area contributed by atoms with Gasteiger partial charge >= 0.3 is 0 Å². The number of hydrogen-bond donors (Lipinski definition) is 1. The molecule has 0 fully saturated rings. The molecule has 160 valence electrons. The van der Waals surface area contributed by atoms with Crippen molar-refractivity contribution in [3.63, 3.8) is 0 Å². The molecule has 0 saturated heterocycles. The third-order valence-corrected chi connectivity index (χ3v) is 6.39.